The molecular weight excluding hydrogens is 282 g/mol. The molecule has 0 heterocycles. The van der Waals surface area contributed by atoms with Gasteiger partial charge in [-0.05, 0) is 19.2 Å². The molecule has 4 nitrogen and oxygen atoms in total. The molecule has 1 aromatic rings. The summed E-state index contributed by atoms with van der Waals surface area (Å²) >= 11 is 11.1. The van der Waals surface area contributed by atoms with Gasteiger partial charge in [0.15, 0.2) is 0 Å². The first-order valence-corrected chi connectivity index (χ1v) is 6.84. The van der Waals surface area contributed by atoms with Crippen LogP contribution in [0.4, 0.5) is 5.69 Å². The summed E-state index contributed by atoms with van der Waals surface area (Å²) in [4.78, 5) is 2.49. The summed E-state index contributed by atoms with van der Waals surface area (Å²) in [6.07, 6.45) is 0. The number of ether oxygens (including phenoxy) is 1. The highest BCUT2D eigenvalue weighted by atomic mass is 35.5. The number of likely N-dealkylation sites (N-methyl/N-ethyl adjacent to an activating group) is 1. The monoisotopic (exact) mass is 301 g/mol. The van der Waals surface area contributed by atoms with Crippen molar-refractivity contribution in [2.45, 2.75) is 0 Å². The minimum atomic E-state index is 0.306. The maximum atomic E-state index is 6.10. The van der Waals surface area contributed by atoms with Crippen molar-refractivity contribution in [3.8, 4) is 0 Å². The van der Waals surface area contributed by atoms with E-state index < -0.39 is 0 Å². The van der Waals surface area contributed by atoms with Crippen molar-refractivity contribution in [2.75, 3.05) is 45.7 Å². The third-order valence-electron chi connectivity index (χ3n) is 2.75. The van der Waals surface area contributed by atoms with Crippen molar-refractivity contribution in [1.82, 2.24) is 4.90 Å². The van der Waals surface area contributed by atoms with Crippen molar-refractivity contribution in [2.24, 2.45) is 5.73 Å². The van der Waals surface area contributed by atoms with Gasteiger partial charge in [0.25, 0.3) is 0 Å². The number of nitrogens with zero attached hydrogens (tertiary/aromatic N) is 1. The standard InChI is InChI=1S/C13H20ClN3OS/c1-17(8-9-18-2)7-6-16-11-5-3-4-10(14)12(11)13(15)19/h3-5,16H,6-9H2,1-2H3,(H2,15,19). The first kappa shape index (κ1) is 16.2. The Bertz CT molecular complexity index is 428. The zero-order valence-corrected chi connectivity index (χ0v) is 12.9. The normalized spacial score (nSPS) is 10.7. The number of halogens is 1. The number of nitrogens with two attached hydrogens (primary N) is 1. The second-order valence-corrected chi connectivity index (χ2v) is 5.10. The lowest BCUT2D eigenvalue weighted by atomic mass is 10.1. The number of rotatable bonds is 8. The Morgan fingerprint density at radius 3 is 2.84 bits per heavy atom. The molecule has 0 spiro atoms. The van der Waals surface area contributed by atoms with E-state index in [0.717, 1.165) is 31.9 Å². The molecule has 0 saturated carbocycles. The van der Waals surface area contributed by atoms with Gasteiger partial charge in [0.1, 0.15) is 4.99 Å². The predicted octanol–water partition coefficient (Wildman–Crippen LogP) is 1.96. The average Bonchev–Trinajstić information content (AvgIpc) is 2.36. The molecule has 3 N–H and O–H groups in total. The number of methoxy groups -OCH3 is 1. The van der Waals surface area contributed by atoms with Crippen LogP contribution >= 0.6 is 23.8 Å². The largest absolute Gasteiger partial charge is 0.389 e. The Kier molecular flexibility index (Phi) is 7.09. The summed E-state index contributed by atoms with van der Waals surface area (Å²) in [5.74, 6) is 0. The van der Waals surface area contributed by atoms with Gasteiger partial charge in [-0.1, -0.05) is 29.9 Å². The fourth-order valence-corrected chi connectivity index (χ4v) is 2.21. The molecule has 0 aromatic heterocycles. The highest BCUT2D eigenvalue weighted by molar-refractivity contribution is 7.80. The Labute approximate surface area is 124 Å². The minimum absolute atomic E-state index is 0.306. The van der Waals surface area contributed by atoms with E-state index in [9.17, 15) is 0 Å². The molecule has 0 radical (unpaired) electrons. The van der Waals surface area contributed by atoms with Crippen LogP contribution in [-0.4, -0.2) is 50.3 Å². The number of anilines is 1. The summed E-state index contributed by atoms with van der Waals surface area (Å²) < 4.78 is 5.03. The fraction of sp³-hybridized carbons (Fsp3) is 0.462. The van der Waals surface area contributed by atoms with Crippen molar-refractivity contribution in [3.05, 3.63) is 28.8 Å². The molecule has 0 saturated heterocycles. The van der Waals surface area contributed by atoms with Crippen molar-refractivity contribution in [1.29, 1.82) is 0 Å². The summed E-state index contributed by atoms with van der Waals surface area (Å²) in [5.41, 5.74) is 7.27. The van der Waals surface area contributed by atoms with Crippen LogP contribution in [0.25, 0.3) is 0 Å². The van der Waals surface area contributed by atoms with Gasteiger partial charge < -0.3 is 20.7 Å². The van der Waals surface area contributed by atoms with Gasteiger partial charge in [0.05, 0.1) is 17.2 Å². The van der Waals surface area contributed by atoms with Crippen molar-refractivity contribution >= 4 is 34.5 Å². The minimum Gasteiger partial charge on any atom is -0.389 e. The maximum Gasteiger partial charge on any atom is 0.107 e. The van der Waals surface area contributed by atoms with Crippen LogP contribution in [0.3, 0.4) is 0 Å². The Balaban J connectivity index is 2.54. The zero-order valence-electron chi connectivity index (χ0n) is 11.3. The smallest absolute Gasteiger partial charge is 0.107 e. The molecule has 1 aromatic carbocycles. The van der Waals surface area contributed by atoms with Gasteiger partial charge in [-0.3, -0.25) is 0 Å². The van der Waals surface area contributed by atoms with Crippen LogP contribution in [0, 0.1) is 0 Å². The lowest BCUT2D eigenvalue weighted by Gasteiger charge is -2.18. The van der Waals surface area contributed by atoms with Crippen molar-refractivity contribution < 1.29 is 4.74 Å². The summed E-state index contributed by atoms with van der Waals surface area (Å²) in [6, 6.07) is 5.59. The number of hydrogen-bond acceptors (Lipinski definition) is 4. The highest BCUT2D eigenvalue weighted by Crippen LogP contribution is 2.23. The van der Waals surface area contributed by atoms with Gasteiger partial charge in [0.2, 0.25) is 0 Å². The predicted molar refractivity (Wildman–Crippen MR) is 85.2 cm³/mol. The number of nitrogens with one attached hydrogen (secondary N) is 1. The first-order valence-electron chi connectivity index (χ1n) is 6.06. The molecule has 0 bridgehead atoms. The number of thiocarbonyl (C=S) groups is 1. The van der Waals surface area contributed by atoms with Crippen LogP contribution < -0.4 is 11.1 Å². The number of hydrogen-bond donors (Lipinski definition) is 2. The molecular formula is C13H20ClN3OS. The molecule has 0 fully saturated rings. The van der Waals surface area contributed by atoms with E-state index in [0.29, 0.717) is 15.6 Å². The molecule has 0 aliphatic heterocycles. The topological polar surface area (TPSA) is 50.5 Å². The van der Waals surface area contributed by atoms with E-state index in [1.54, 1.807) is 13.2 Å². The Hall–Kier alpha value is -0.880. The lowest BCUT2D eigenvalue weighted by molar-refractivity contribution is 0.163. The van der Waals surface area contributed by atoms with Crippen LogP contribution in [0.1, 0.15) is 5.56 Å². The Morgan fingerprint density at radius 1 is 1.47 bits per heavy atom. The second-order valence-electron chi connectivity index (χ2n) is 4.25. The molecule has 0 aliphatic carbocycles. The van der Waals surface area contributed by atoms with Crippen LogP contribution in [-0.2, 0) is 4.74 Å². The summed E-state index contributed by atoms with van der Waals surface area (Å²) in [7, 11) is 3.75. The van der Waals surface area contributed by atoms with Crippen LogP contribution in [0.15, 0.2) is 18.2 Å². The van der Waals surface area contributed by atoms with Gasteiger partial charge in [0, 0.05) is 32.4 Å². The van der Waals surface area contributed by atoms with E-state index >= 15 is 0 Å². The number of benzene rings is 1. The van der Waals surface area contributed by atoms with E-state index in [2.05, 4.69) is 10.2 Å². The molecule has 6 heteroatoms. The molecule has 19 heavy (non-hydrogen) atoms. The van der Waals surface area contributed by atoms with E-state index in [1.807, 2.05) is 19.2 Å². The second kappa shape index (κ2) is 8.32. The zero-order chi connectivity index (χ0) is 14.3. The maximum absolute atomic E-state index is 6.10. The third kappa shape index (κ3) is 5.32. The first-order chi connectivity index (χ1) is 9.06. The van der Waals surface area contributed by atoms with E-state index in [-0.39, 0.29) is 0 Å². The third-order valence-corrected chi connectivity index (χ3v) is 3.27. The van der Waals surface area contributed by atoms with Crippen LogP contribution in [0.2, 0.25) is 5.02 Å². The van der Waals surface area contributed by atoms with Gasteiger partial charge >= 0.3 is 0 Å². The Morgan fingerprint density at radius 2 is 2.21 bits per heavy atom. The molecule has 106 valence electrons. The van der Waals surface area contributed by atoms with Gasteiger partial charge in [-0.25, -0.2) is 0 Å². The summed E-state index contributed by atoms with van der Waals surface area (Å²) in [6.45, 7) is 3.31. The molecule has 0 aliphatic rings. The molecule has 1 rings (SSSR count). The fourth-order valence-electron chi connectivity index (χ4n) is 1.66. The van der Waals surface area contributed by atoms with Gasteiger partial charge in [-0.15, -0.1) is 0 Å². The summed E-state index contributed by atoms with van der Waals surface area (Å²) in [5, 5.41) is 3.88. The molecule has 0 unspecified atom stereocenters. The average molecular weight is 302 g/mol. The van der Waals surface area contributed by atoms with Gasteiger partial charge in [-0.2, -0.15) is 0 Å². The SMILES string of the molecule is COCCN(C)CCNc1cccc(Cl)c1C(N)=S. The lowest BCUT2D eigenvalue weighted by Crippen LogP contribution is -2.28. The van der Waals surface area contributed by atoms with Crippen molar-refractivity contribution in [3.63, 3.8) is 0 Å². The quantitative estimate of drug-likeness (QED) is 0.719. The molecule has 0 atom stereocenters. The van der Waals surface area contributed by atoms with E-state index in [1.165, 1.54) is 0 Å². The highest BCUT2D eigenvalue weighted by Gasteiger charge is 2.09. The van der Waals surface area contributed by atoms with Crippen LogP contribution in [0.5, 0.6) is 0 Å². The van der Waals surface area contributed by atoms with E-state index in [4.69, 9.17) is 34.3 Å². The molecule has 0 amide bonds.